The van der Waals surface area contributed by atoms with Crippen LogP contribution in [-0.2, 0) is 4.79 Å². The lowest BCUT2D eigenvalue weighted by Gasteiger charge is -2.07. The summed E-state index contributed by atoms with van der Waals surface area (Å²) in [6.45, 7) is 6.52. The zero-order chi connectivity index (χ0) is 16.1. The zero-order valence-electron chi connectivity index (χ0n) is 12.9. The minimum atomic E-state index is -0.459. The van der Waals surface area contributed by atoms with Crippen molar-refractivity contribution in [2.24, 2.45) is 5.92 Å². The predicted octanol–water partition coefficient (Wildman–Crippen LogP) is 2.45. The number of amides is 3. The van der Waals surface area contributed by atoms with Gasteiger partial charge in [0, 0.05) is 6.54 Å². The summed E-state index contributed by atoms with van der Waals surface area (Å²) in [7, 11) is 0. The van der Waals surface area contributed by atoms with Gasteiger partial charge in [-0.3, -0.25) is 10.1 Å². The molecule has 2 rings (SSSR count). The summed E-state index contributed by atoms with van der Waals surface area (Å²) in [5.74, 6) is 0.130. The molecule has 1 aromatic carbocycles. The molecule has 7 heteroatoms. The van der Waals surface area contributed by atoms with Crippen molar-refractivity contribution in [1.82, 2.24) is 20.6 Å². The Balaban J connectivity index is 1.83. The summed E-state index contributed by atoms with van der Waals surface area (Å²) in [6.07, 6.45) is 0. The normalized spacial score (nSPS) is 10.9. The van der Waals surface area contributed by atoms with Gasteiger partial charge >= 0.3 is 6.03 Å². The highest BCUT2D eigenvalue weighted by molar-refractivity contribution is 7.99. The average Bonchev–Trinajstić information content (AvgIpc) is 2.85. The maximum atomic E-state index is 11.7. The van der Waals surface area contributed by atoms with Crippen LogP contribution >= 0.6 is 11.8 Å². The Bertz CT molecular complexity index is 681. The molecule has 3 N–H and O–H groups in total. The van der Waals surface area contributed by atoms with Crippen LogP contribution in [0.3, 0.4) is 0 Å². The second kappa shape index (κ2) is 7.31. The SMILES string of the molecule is Cc1ccc2nc(SCC(=O)NC(=O)NCC(C)C)[nH]c2c1. The van der Waals surface area contributed by atoms with Crippen LogP contribution < -0.4 is 10.6 Å². The number of nitrogens with zero attached hydrogens (tertiary/aromatic N) is 1. The number of aromatic nitrogens is 2. The van der Waals surface area contributed by atoms with E-state index in [4.69, 9.17) is 0 Å². The molecule has 0 aliphatic carbocycles. The highest BCUT2D eigenvalue weighted by atomic mass is 32.2. The molecule has 0 bridgehead atoms. The molecular formula is C15H20N4O2S. The van der Waals surface area contributed by atoms with Crippen LogP contribution in [0.5, 0.6) is 0 Å². The van der Waals surface area contributed by atoms with Crippen LogP contribution in [-0.4, -0.2) is 34.2 Å². The van der Waals surface area contributed by atoms with E-state index in [0.717, 1.165) is 16.6 Å². The number of hydrogen-bond acceptors (Lipinski definition) is 4. The summed E-state index contributed by atoms with van der Waals surface area (Å²) < 4.78 is 0. The summed E-state index contributed by atoms with van der Waals surface area (Å²) >= 11 is 1.27. The average molecular weight is 320 g/mol. The Hall–Kier alpha value is -2.02. The highest BCUT2D eigenvalue weighted by Gasteiger charge is 2.10. The maximum absolute atomic E-state index is 11.7. The number of rotatable bonds is 5. The number of nitrogens with one attached hydrogen (secondary N) is 3. The number of carbonyl (C=O) groups excluding carboxylic acids is 2. The van der Waals surface area contributed by atoms with Crippen molar-refractivity contribution in [1.29, 1.82) is 0 Å². The fourth-order valence-corrected chi connectivity index (χ4v) is 2.49. The molecule has 1 aromatic heterocycles. The molecule has 6 nitrogen and oxygen atoms in total. The van der Waals surface area contributed by atoms with Gasteiger partial charge in [-0.25, -0.2) is 9.78 Å². The van der Waals surface area contributed by atoms with E-state index in [1.807, 2.05) is 39.0 Å². The number of urea groups is 1. The molecule has 22 heavy (non-hydrogen) atoms. The van der Waals surface area contributed by atoms with Crippen molar-refractivity contribution in [3.05, 3.63) is 23.8 Å². The van der Waals surface area contributed by atoms with Crippen molar-refractivity contribution < 1.29 is 9.59 Å². The van der Waals surface area contributed by atoms with E-state index in [2.05, 4.69) is 20.6 Å². The van der Waals surface area contributed by atoms with Gasteiger partial charge in [-0.2, -0.15) is 0 Å². The standard InChI is InChI=1S/C15H20N4O2S/c1-9(2)7-16-14(21)19-13(20)8-22-15-17-11-5-4-10(3)6-12(11)18-15/h4-6,9H,7-8H2,1-3H3,(H,17,18)(H2,16,19,20,21). The first kappa shape index (κ1) is 16.4. The van der Waals surface area contributed by atoms with Crippen molar-refractivity contribution in [3.63, 3.8) is 0 Å². The molecular weight excluding hydrogens is 300 g/mol. The third kappa shape index (κ3) is 4.77. The van der Waals surface area contributed by atoms with Gasteiger partial charge in [0.25, 0.3) is 0 Å². The van der Waals surface area contributed by atoms with Crippen molar-refractivity contribution in [2.75, 3.05) is 12.3 Å². The molecule has 0 saturated heterocycles. The van der Waals surface area contributed by atoms with Gasteiger partial charge in [0.2, 0.25) is 5.91 Å². The lowest BCUT2D eigenvalue weighted by atomic mass is 10.2. The molecule has 0 aliphatic heterocycles. The van der Waals surface area contributed by atoms with Gasteiger partial charge in [-0.1, -0.05) is 31.7 Å². The fraction of sp³-hybridized carbons (Fsp3) is 0.400. The van der Waals surface area contributed by atoms with Crippen LogP contribution in [0.15, 0.2) is 23.4 Å². The first-order chi connectivity index (χ1) is 10.4. The van der Waals surface area contributed by atoms with E-state index in [1.165, 1.54) is 11.8 Å². The quantitative estimate of drug-likeness (QED) is 0.739. The Kier molecular flexibility index (Phi) is 5.43. The van der Waals surface area contributed by atoms with Crippen LogP contribution in [0.2, 0.25) is 0 Å². The van der Waals surface area contributed by atoms with E-state index >= 15 is 0 Å². The number of thioether (sulfide) groups is 1. The van der Waals surface area contributed by atoms with E-state index in [1.54, 1.807) is 0 Å². The molecule has 0 aliphatic rings. The molecule has 0 unspecified atom stereocenters. The van der Waals surface area contributed by atoms with E-state index < -0.39 is 6.03 Å². The molecule has 0 atom stereocenters. The summed E-state index contributed by atoms with van der Waals surface area (Å²) in [4.78, 5) is 30.7. The van der Waals surface area contributed by atoms with Crippen molar-refractivity contribution >= 4 is 34.7 Å². The van der Waals surface area contributed by atoms with Crippen LogP contribution in [0.1, 0.15) is 19.4 Å². The molecule has 0 radical (unpaired) electrons. The molecule has 118 valence electrons. The number of carbonyl (C=O) groups is 2. The first-order valence-electron chi connectivity index (χ1n) is 7.11. The lowest BCUT2D eigenvalue weighted by molar-refractivity contribution is -0.117. The number of aromatic amines is 1. The Labute approximate surface area is 133 Å². The predicted molar refractivity (Wildman–Crippen MR) is 87.9 cm³/mol. The van der Waals surface area contributed by atoms with Gasteiger partial charge in [-0.15, -0.1) is 0 Å². The van der Waals surface area contributed by atoms with Gasteiger partial charge in [0.15, 0.2) is 5.16 Å². The smallest absolute Gasteiger partial charge is 0.321 e. The minimum Gasteiger partial charge on any atom is -0.338 e. The van der Waals surface area contributed by atoms with Gasteiger partial charge in [0.05, 0.1) is 16.8 Å². The topological polar surface area (TPSA) is 86.9 Å². The van der Waals surface area contributed by atoms with Gasteiger partial charge in [-0.05, 0) is 30.5 Å². The van der Waals surface area contributed by atoms with E-state index in [-0.39, 0.29) is 11.7 Å². The largest absolute Gasteiger partial charge is 0.338 e. The number of benzene rings is 1. The van der Waals surface area contributed by atoms with Crippen LogP contribution in [0.25, 0.3) is 11.0 Å². The fourth-order valence-electron chi connectivity index (χ4n) is 1.81. The zero-order valence-corrected chi connectivity index (χ0v) is 13.7. The third-order valence-electron chi connectivity index (χ3n) is 2.88. The molecule has 3 amide bonds. The summed E-state index contributed by atoms with van der Waals surface area (Å²) in [5, 5.41) is 5.60. The molecule has 0 spiro atoms. The minimum absolute atomic E-state index is 0.133. The summed E-state index contributed by atoms with van der Waals surface area (Å²) in [5.41, 5.74) is 2.95. The molecule has 0 saturated carbocycles. The Morgan fingerprint density at radius 3 is 2.86 bits per heavy atom. The maximum Gasteiger partial charge on any atom is 0.321 e. The Morgan fingerprint density at radius 1 is 1.36 bits per heavy atom. The van der Waals surface area contributed by atoms with Crippen molar-refractivity contribution in [2.45, 2.75) is 25.9 Å². The first-order valence-corrected chi connectivity index (χ1v) is 8.09. The molecule has 2 aromatic rings. The van der Waals surface area contributed by atoms with Gasteiger partial charge in [0.1, 0.15) is 0 Å². The number of imide groups is 1. The van der Waals surface area contributed by atoms with E-state index in [0.29, 0.717) is 17.6 Å². The molecule has 1 heterocycles. The number of H-pyrrole nitrogens is 1. The van der Waals surface area contributed by atoms with Crippen LogP contribution in [0, 0.1) is 12.8 Å². The number of fused-ring (bicyclic) bond motifs is 1. The van der Waals surface area contributed by atoms with Crippen molar-refractivity contribution in [3.8, 4) is 0 Å². The van der Waals surface area contributed by atoms with Crippen LogP contribution in [0.4, 0.5) is 4.79 Å². The monoisotopic (exact) mass is 320 g/mol. The second-order valence-corrected chi connectivity index (χ2v) is 6.47. The molecule has 0 fully saturated rings. The lowest BCUT2D eigenvalue weighted by Crippen LogP contribution is -2.41. The number of aryl methyl sites for hydroxylation is 1. The number of hydrogen-bond donors (Lipinski definition) is 3. The second-order valence-electron chi connectivity index (χ2n) is 5.50. The summed E-state index contributed by atoms with van der Waals surface area (Å²) in [6, 6.07) is 5.47. The Morgan fingerprint density at radius 2 is 2.14 bits per heavy atom. The third-order valence-corrected chi connectivity index (χ3v) is 3.75. The van der Waals surface area contributed by atoms with Gasteiger partial charge < -0.3 is 10.3 Å². The number of imidazole rings is 1. The highest BCUT2D eigenvalue weighted by Crippen LogP contribution is 2.19. The van der Waals surface area contributed by atoms with E-state index in [9.17, 15) is 9.59 Å².